The Kier molecular flexibility index (Phi) is 4.16. The third-order valence-electron chi connectivity index (χ3n) is 4.41. The smallest absolute Gasteiger partial charge is 0.255 e. The molecule has 0 saturated carbocycles. The van der Waals surface area contributed by atoms with Crippen molar-refractivity contribution in [3.8, 4) is 0 Å². The first-order valence-electron chi connectivity index (χ1n) is 7.77. The highest BCUT2D eigenvalue weighted by Crippen LogP contribution is 2.28. The van der Waals surface area contributed by atoms with Crippen molar-refractivity contribution in [2.75, 3.05) is 5.75 Å². The zero-order valence-electron chi connectivity index (χ0n) is 13.2. The molecule has 128 valence electrons. The summed E-state index contributed by atoms with van der Waals surface area (Å²) < 4.78 is 23.5. The van der Waals surface area contributed by atoms with Crippen LogP contribution in [0.15, 0.2) is 18.2 Å². The highest BCUT2D eigenvalue weighted by Gasteiger charge is 2.39. The van der Waals surface area contributed by atoms with Gasteiger partial charge in [0.15, 0.2) is 9.84 Å². The molecule has 1 atom stereocenters. The number of amides is 3. The van der Waals surface area contributed by atoms with E-state index in [0.29, 0.717) is 23.1 Å². The van der Waals surface area contributed by atoms with E-state index in [1.807, 2.05) is 0 Å². The van der Waals surface area contributed by atoms with Crippen LogP contribution < -0.4 is 5.32 Å². The fraction of sp³-hybridized carbons (Fsp3) is 0.438. The van der Waals surface area contributed by atoms with Gasteiger partial charge in [-0.25, -0.2) is 8.42 Å². The van der Waals surface area contributed by atoms with Crippen molar-refractivity contribution >= 4 is 27.6 Å². The molecule has 2 aliphatic rings. The molecule has 1 saturated heterocycles. The van der Waals surface area contributed by atoms with E-state index < -0.39 is 21.8 Å². The Hall–Kier alpha value is -2.22. The largest absolute Gasteiger partial charge is 0.322 e. The first-order chi connectivity index (χ1) is 11.3. The van der Waals surface area contributed by atoms with Gasteiger partial charge < -0.3 is 4.90 Å². The van der Waals surface area contributed by atoms with Crippen LogP contribution >= 0.6 is 0 Å². The summed E-state index contributed by atoms with van der Waals surface area (Å²) in [4.78, 5) is 37.2. The molecule has 8 heteroatoms. The molecule has 0 spiro atoms. The van der Waals surface area contributed by atoms with Gasteiger partial charge in [0.05, 0.1) is 5.75 Å². The standard InChI is InChI=1S/C16H18N2O5S/c1-2-24(22,23)9-10-3-4-12-11(7-10)8-18(16(12)21)13-5-6-14(19)17-15(13)20/h3-4,7,13H,2,5-6,8-9H2,1H3,(H,17,19,20). The summed E-state index contributed by atoms with van der Waals surface area (Å²) in [6, 6.07) is 4.30. The summed E-state index contributed by atoms with van der Waals surface area (Å²) in [5, 5.41) is 2.25. The quantitative estimate of drug-likeness (QED) is 0.792. The Morgan fingerprint density at radius 1 is 1.25 bits per heavy atom. The molecule has 0 aromatic heterocycles. The topological polar surface area (TPSA) is 101 Å². The van der Waals surface area contributed by atoms with Crippen molar-refractivity contribution in [3.63, 3.8) is 0 Å². The van der Waals surface area contributed by atoms with Crippen molar-refractivity contribution in [3.05, 3.63) is 34.9 Å². The van der Waals surface area contributed by atoms with Crippen LogP contribution in [0.1, 0.15) is 41.3 Å². The van der Waals surface area contributed by atoms with E-state index in [9.17, 15) is 22.8 Å². The molecular formula is C16H18N2O5S. The molecule has 7 nitrogen and oxygen atoms in total. The fourth-order valence-corrected chi connectivity index (χ4v) is 3.97. The Morgan fingerprint density at radius 2 is 2.00 bits per heavy atom. The van der Waals surface area contributed by atoms with Crippen LogP contribution in [0, 0.1) is 0 Å². The lowest BCUT2D eigenvalue weighted by Gasteiger charge is -2.29. The first kappa shape index (κ1) is 16.6. The van der Waals surface area contributed by atoms with E-state index in [2.05, 4.69) is 5.32 Å². The van der Waals surface area contributed by atoms with Gasteiger partial charge in [-0.2, -0.15) is 0 Å². The Bertz CT molecular complexity index is 831. The van der Waals surface area contributed by atoms with Crippen LogP contribution in [-0.2, 0) is 31.7 Å². The SMILES string of the molecule is CCS(=O)(=O)Cc1ccc2c(c1)CN(C1CCC(=O)NC1=O)C2=O. The van der Waals surface area contributed by atoms with Crippen LogP contribution in [0.25, 0.3) is 0 Å². The number of benzene rings is 1. The zero-order chi connectivity index (χ0) is 17.5. The molecule has 0 radical (unpaired) electrons. The average molecular weight is 350 g/mol. The zero-order valence-corrected chi connectivity index (χ0v) is 14.1. The summed E-state index contributed by atoms with van der Waals surface area (Å²) in [5.74, 6) is -1.05. The second kappa shape index (κ2) is 6.01. The maximum absolute atomic E-state index is 12.5. The van der Waals surface area contributed by atoms with E-state index in [1.165, 1.54) is 4.90 Å². The number of nitrogens with zero attached hydrogens (tertiary/aromatic N) is 1. The van der Waals surface area contributed by atoms with Crippen molar-refractivity contribution in [2.45, 2.75) is 38.1 Å². The molecule has 0 bridgehead atoms. The van der Waals surface area contributed by atoms with E-state index >= 15 is 0 Å². The summed E-state index contributed by atoms with van der Waals surface area (Å²) >= 11 is 0. The molecular weight excluding hydrogens is 332 g/mol. The lowest BCUT2D eigenvalue weighted by atomic mass is 10.0. The predicted molar refractivity (Wildman–Crippen MR) is 85.7 cm³/mol. The number of imide groups is 1. The Balaban J connectivity index is 1.82. The van der Waals surface area contributed by atoms with Crippen molar-refractivity contribution < 1.29 is 22.8 Å². The number of rotatable bonds is 4. The van der Waals surface area contributed by atoms with Gasteiger partial charge in [-0.05, 0) is 23.6 Å². The van der Waals surface area contributed by atoms with E-state index in [-0.39, 0.29) is 36.3 Å². The van der Waals surface area contributed by atoms with Gasteiger partial charge in [0.2, 0.25) is 11.8 Å². The monoisotopic (exact) mass is 350 g/mol. The number of piperidine rings is 1. The van der Waals surface area contributed by atoms with Gasteiger partial charge in [0, 0.05) is 24.3 Å². The maximum atomic E-state index is 12.5. The lowest BCUT2D eigenvalue weighted by Crippen LogP contribution is -2.52. The van der Waals surface area contributed by atoms with Gasteiger partial charge in [-0.15, -0.1) is 0 Å². The third-order valence-corrected chi connectivity index (χ3v) is 6.07. The van der Waals surface area contributed by atoms with Crippen molar-refractivity contribution in [1.29, 1.82) is 0 Å². The molecule has 3 rings (SSSR count). The minimum absolute atomic E-state index is 0.0609. The van der Waals surface area contributed by atoms with Gasteiger partial charge >= 0.3 is 0 Å². The van der Waals surface area contributed by atoms with Crippen LogP contribution in [0.5, 0.6) is 0 Å². The van der Waals surface area contributed by atoms with Gasteiger partial charge in [-0.1, -0.05) is 19.1 Å². The molecule has 1 aromatic rings. The molecule has 0 aliphatic carbocycles. The molecule has 24 heavy (non-hydrogen) atoms. The molecule has 1 aromatic carbocycles. The summed E-state index contributed by atoms with van der Waals surface area (Å²) in [6.07, 6.45) is 0.512. The molecule has 3 amide bonds. The highest BCUT2D eigenvalue weighted by atomic mass is 32.2. The number of hydrogen-bond donors (Lipinski definition) is 1. The normalized spacial score (nSPS) is 21.0. The first-order valence-corrected chi connectivity index (χ1v) is 9.60. The number of carbonyl (C=O) groups excluding carboxylic acids is 3. The Morgan fingerprint density at radius 3 is 2.67 bits per heavy atom. The number of fused-ring (bicyclic) bond motifs is 1. The van der Waals surface area contributed by atoms with E-state index in [1.54, 1.807) is 25.1 Å². The van der Waals surface area contributed by atoms with Crippen LogP contribution in [-0.4, -0.2) is 42.8 Å². The van der Waals surface area contributed by atoms with Gasteiger partial charge in [-0.3, -0.25) is 19.7 Å². The number of sulfone groups is 1. The van der Waals surface area contributed by atoms with Crippen molar-refractivity contribution in [1.82, 2.24) is 10.2 Å². The van der Waals surface area contributed by atoms with Crippen LogP contribution in [0.3, 0.4) is 0 Å². The average Bonchev–Trinajstić information content (AvgIpc) is 2.83. The molecule has 1 N–H and O–H groups in total. The summed E-state index contributed by atoms with van der Waals surface area (Å²) in [7, 11) is -3.15. The van der Waals surface area contributed by atoms with Gasteiger partial charge in [0.25, 0.3) is 5.91 Å². The lowest BCUT2D eigenvalue weighted by molar-refractivity contribution is -0.136. The number of hydrogen-bond acceptors (Lipinski definition) is 5. The summed E-state index contributed by atoms with van der Waals surface area (Å²) in [6.45, 7) is 1.84. The predicted octanol–water partition coefficient (Wildman–Crippen LogP) is 0.382. The minimum Gasteiger partial charge on any atom is -0.322 e. The second-order valence-electron chi connectivity index (χ2n) is 6.07. The fourth-order valence-electron chi connectivity index (χ4n) is 3.07. The molecule has 1 unspecified atom stereocenters. The second-order valence-corrected chi connectivity index (χ2v) is 8.42. The maximum Gasteiger partial charge on any atom is 0.255 e. The number of carbonyl (C=O) groups is 3. The number of nitrogens with one attached hydrogen (secondary N) is 1. The minimum atomic E-state index is -3.15. The molecule has 2 heterocycles. The highest BCUT2D eigenvalue weighted by molar-refractivity contribution is 7.90. The van der Waals surface area contributed by atoms with E-state index in [4.69, 9.17) is 0 Å². The van der Waals surface area contributed by atoms with Crippen molar-refractivity contribution in [2.24, 2.45) is 0 Å². The molecule has 2 aliphatic heterocycles. The molecule has 1 fully saturated rings. The Labute approximate surface area is 139 Å². The third kappa shape index (κ3) is 3.06. The van der Waals surface area contributed by atoms with Gasteiger partial charge in [0.1, 0.15) is 6.04 Å². The van der Waals surface area contributed by atoms with E-state index in [0.717, 1.165) is 0 Å². The van der Waals surface area contributed by atoms with Crippen LogP contribution in [0.4, 0.5) is 0 Å². The van der Waals surface area contributed by atoms with Crippen LogP contribution in [0.2, 0.25) is 0 Å². The summed E-state index contributed by atoms with van der Waals surface area (Å²) in [5.41, 5.74) is 1.83.